The number of alkyl halides is 1. The summed E-state index contributed by atoms with van der Waals surface area (Å²) in [5, 5.41) is 0. The lowest BCUT2D eigenvalue weighted by Gasteiger charge is -2.39. The van der Waals surface area contributed by atoms with Crippen LogP contribution in [-0.4, -0.2) is 52.5 Å². The molecule has 0 unspecified atom stereocenters. The molecule has 0 aromatic heterocycles. The third-order valence-corrected chi connectivity index (χ3v) is 4.11. The van der Waals surface area contributed by atoms with E-state index < -0.39 is 17.7 Å². The number of amides is 2. The zero-order valence-corrected chi connectivity index (χ0v) is 16.2. The van der Waals surface area contributed by atoms with Crippen molar-refractivity contribution in [2.24, 2.45) is 5.41 Å². The molecule has 2 amide bonds. The fraction of sp³-hybridized carbons (Fsp3) is 0.882. The second-order valence-corrected chi connectivity index (χ2v) is 8.65. The molecule has 0 saturated carbocycles. The van der Waals surface area contributed by atoms with Crippen LogP contribution in [0.25, 0.3) is 0 Å². The second-order valence-electron chi connectivity index (χ2n) is 8.28. The molecule has 0 aromatic rings. The van der Waals surface area contributed by atoms with Crippen molar-refractivity contribution in [3.63, 3.8) is 0 Å². The van der Waals surface area contributed by atoms with Crippen LogP contribution in [0.4, 0.5) is 4.79 Å². The van der Waals surface area contributed by atoms with Gasteiger partial charge in [0.1, 0.15) is 17.8 Å². The normalized spacial score (nSPS) is 22.7. The summed E-state index contributed by atoms with van der Waals surface area (Å²) in [4.78, 5) is 28.7. The maximum absolute atomic E-state index is 12.8. The van der Waals surface area contributed by atoms with Gasteiger partial charge in [0.25, 0.3) is 0 Å². The van der Waals surface area contributed by atoms with Gasteiger partial charge < -0.3 is 9.64 Å². The topological polar surface area (TPSA) is 49.9 Å². The smallest absolute Gasteiger partial charge is 0.412 e. The van der Waals surface area contributed by atoms with Gasteiger partial charge in [0.15, 0.2) is 0 Å². The molecule has 1 rings (SSSR count). The summed E-state index contributed by atoms with van der Waals surface area (Å²) in [6.45, 7) is 11.6. The van der Waals surface area contributed by atoms with E-state index >= 15 is 0 Å². The minimum absolute atomic E-state index is 0.0228. The predicted molar refractivity (Wildman–Crippen MR) is 92.4 cm³/mol. The Labute approximate surface area is 145 Å². The first-order valence-electron chi connectivity index (χ1n) is 8.24. The first-order valence-corrected chi connectivity index (χ1v) is 8.77. The number of likely N-dealkylation sites (N-methyl/N-ethyl adjacent to an activating group) is 1. The second kappa shape index (κ2) is 7.29. The van der Waals surface area contributed by atoms with E-state index in [4.69, 9.17) is 16.3 Å². The molecule has 134 valence electrons. The molecule has 1 heterocycles. The number of hydrogen-bond donors (Lipinski definition) is 0. The Balaban J connectivity index is 3.10. The van der Waals surface area contributed by atoms with E-state index in [1.165, 1.54) is 0 Å². The highest BCUT2D eigenvalue weighted by Crippen LogP contribution is 2.36. The van der Waals surface area contributed by atoms with Crippen LogP contribution in [0, 0.1) is 5.41 Å². The predicted octanol–water partition coefficient (Wildman–Crippen LogP) is 3.85. The molecule has 0 bridgehead atoms. The van der Waals surface area contributed by atoms with Crippen molar-refractivity contribution in [2.45, 2.75) is 78.6 Å². The minimum atomic E-state index is -0.593. The van der Waals surface area contributed by atoms with Gasteiger partial charge in [0.05, 0.1) is 0 Å². The summed E-state index contributed by atoms with van der Waals surface area (Å²) in [6, 6.07) is -0.470. The van der Waals surface area contributed by atoms with E-state index in [1.807, 2.05) is 41.5 Å². The maximum atomic E-state index is 12.8. The zero-order valence-electron chi connectivity index (χ0n) is 15.5. The summed E-state index contributed by atoms with van der Waals surface area (Å²) in [6.07, 6.45) is 1.51. The number of carbonyl (C=O) groups excluding carboxylic acids is 2. The number of unbranched alkanes of at least 4 members (excludes halogenated alkanes) is 1. The van der Waals surface area contributed by atoms with Gasteiger partial charge in [0.2, 0.25) is 5.91 Å². The largest absolute Gasteiger partial charge is 0.444 e. The number of rotatable bonds is 4. The summed E-state index contributed by atoms with van der Waals surface area (Å²) in [7, 11) is 1.76. The Morgan fingerprint density at radius 2 is 1.74 bits per heavy atom. The Hall–Kier alpha value is -0.970. The number of halogens is 1. The molecular formula is C17H31ClN2O3. The van der Waals surface area contributed by atoms with Crippen molar-refractivity contribution in [3.8, 4) is 0 Å². The van der Waals surface area contributed by atoms with Crippen LogP contribution in [0.2, 0.25) is 0 Å². The van der Waals surface area contributed by atoms with E-state index in [9.17, 15) is 9.59 Å². The van der Waals surface area contributed by atoms with Crippen molar-refractivity contribution in [2.75, 3.05) is 12.9 Å². The Kier molecular flexibility index (Phi) is 6.36. The average Bonchev–Trinajstić information content (AvgIpc) is 2.61. The third kappa shape index (κ3) is 5.00. The van der Waals surface area contributed by atoms with Gasteiger partial charge in [-0.15, -0.1) is 11.6 Å². The number of ether oxygens (including phenoxy) is 1. The molecule has 1 fully saturated rings. The molecular weight excluding hydrogens is 316 g/mol. The fourth-order valence-corrected chi connectivity index (χ4v) is 3.26. The summed E-state index contributed by atoms with van der Waals surface area (Å²) in [5.41, 5.74) is -0.854. The van der Waals surface area contributed by atoms with Crippen LogP contribution in [-0.2, 0) is 9.53 Å². The van der Waals surface area contributed by atoms with Crippen molar-refractivity contribution >= 4 is 23.6 Å². The van der Waals surface area contributed by atoms with Crippen molar-refractivity contribution in [3.05, 3.63) is 0 Å². The Bertz CT molecular complexity index is 440. The van der Waals surface area contributed by atoms with Gasteiger partial charge in [0, 0.05) is 18.3 Å². The quantitative estimate of drug-likeness (QED) is 0.574. The molecule has 0 aliphatic carbocycles. The van der Waals surface area contributed by atoms with E-state index in [2.05, 4.69) is 0 Å². The third-order valence-electron chi connectivity index (χ3n) is 3.84. The molecule has 23 heavy (non-hydrogen) atoms. The molecule has 0 spiro atoms. The first-order chi connectivity index (χ1) is 10.4. The van der Waals surface area contributed by atoms with Gasteiger partial charge >= 0.3 is 6.09 Å². The molecule has 1 saturated heterocycles. The molecule has 0 aromatic carbocycles. The van der Waals surface area contributed by atoms with Crippen LogP contribution in [0.1, 0.15) is 60.8 Å². The van der Waals surface area contributed by atoms with Gasteiger partial charge in [-0.05, 0) is 40.0 Å². The number of hydrogen-bond acceptors (Lipinski definition) is 3. The van der Waals surface area contributed by atoms with Gasteiger partial charge in [-0.2, -0.15) is 0 Å². The molecule has 1 aliphatic rings. The van der Waals surface area contributed by atoms with E-state index in [1.54, 1.807) is 16.8 Å². The SMILES string of the molecule is CN1C(=O)[C@H](CCCCCl)N(C(=O)OC(C)(C)C)[C@H]1C(C)(C)C. The number of carbonyl (C=O) groups is 2. The van der Waals surface area contributed by atoms with Gasteiger partial charge in [-0.3, -0.25) is 9.69 Å². The highest BCUT2D eigenvalue weighted by molar-refractivity contribution is 6.17. The van der Waals surface area contributed by atoms with Crippen molar-refractivity contribution in [1.29, 1.82) is 0 Å². The molecule has 6 heteroatoms. The fourth-order valence-electron chi connectivity index (χ4n) is 3.07. The van der Waals surface area contributed by atoms with Crippen LogP contribution in [0.5, 0.6) is 0 Å². The highest BCUT2D eigenvalue weighted by Gasteiger charge is 2.52. The van der Waals surface area contributed by atoms with Gasteiger partial charge in [-0.25, -0.2) is 4.79 Å². The van der Waals surface area contributed by atoms with E-state index in [-0.39, 0.29) is 17.5 Å². The van der Waals surface area contributed by atoms with Crippen LogP contribution < -0.4 is 0 Å². The van der Waals surface area contributed by atoms with Crippen molar-refractivity contribution in [1.82, 2.24) is 9.80 Å². The molecule has 1 aliphatic heterocycles. The molecule has 5 nitrogen and oxygen atoms in total. The minimum Gasteiger partial charge on any atom is -0.444 e. The summed E-state index contributed by atoms with van der Waals surface area (Å²) in [5.74, 6) is 0.539. The molecule has 0 N–H and O–H groups in total. The zero-order chi connectivity index (χ0) is 18.0. The average molecular weight is 347 g/mol. The summed E-state index contributed by atoms with van der Waals surface area (Å²) >= 11 is 5.74. The summed E-state index contributed by atoms with van der Waals surface area (Å²) < 4.78 is 5.56. The molecule has 2 atom stereocenters. The lowest BCUT2D eigenvalue weighted by molar-refractivity contribution is -0.129. The Morgan fingerprint density at radius 1 is 1.17 bits per heavy atom. The van der Waals surface area contributed by atoms with Crippen LogP contribution in [0.3, 0.4) is 0 Å². The highest BCUT2D eigenvalue weighted by atomic mass is 35.5. The molecule has 0 radical (unpaired) electrons. The lowest BCUT2D eigenvalue weighted by atomic mass is 9.91. The van der Waals surface area contributed by atoms with E-state index in [0.717, 1.165) is 12.8 Å². The maximum Gasteiger partial charge on any atom is 0.412 e. The van der Waals surface area contributed by atoms with E-state index in [0.29, 0.717) is 12.3 Å². The van der Waals surface area contributed by atoms with Crippen LogP contribution in [0.15, 0.2) is 0 Å². The first kappa shape index (κ1) is 20.1. The number of nitrogens with zero attached hydrogens (tertiary/aromatic N) is 2. The van der Waals surface area contributed by atoms with Crippen LogP contribution >= 0.6 is 11.6 Å². The standard InChI is InChI=1S/C17H31ClN2O3/c1-16(2,3)14-19(7)13(21)12(10-8-9-11-18)20(14)15(22)23-17(4,5)6/h12,14H,8-11H2,1-7H3/t12-,14-/m0/s1. The monoisotopic (exact) mass is 346 g/mol. The van der Waals surface area contributed by atoms with Crippen molar-refractivity contribution < 1.29 is 14.3 Å². The lowest BCUT2D eigenvalue weighted by Crippen LogP contribution is -2.52. The Morgan fingerprint density at radius 3 is 2.17 bits per heavy atom. The van der Waals surface area contributed by atoms with Gasteiger partial charge in [-0.1, -0.05) is 20.8 Å².